The first-order valence-electron chi connectivity index (χ1n) is 5.33. The Balaban J connectivity index is 2.05. The number of anilines is 1. The van der Waals surface area contributed by atoms with Gasteiger partial charge in [0, 0.05) is 17.0 Å². The molecule has 19 heavy (non-hydrogen) atoms. The Bertz CT molecular complexity index is 629. The standard InChI is InChI=1S/C11H11ClN4O2S/c1-19(18)11-15-13-7-16(11)6-10(17)14-9-4-2-3-8(12)5-9/h2-5,7H,6H2,1H3,(H,14,17)/t19-/m0/s1. The monoisotopic (exact) mass is 298 g/mol. The molecule has 0 bridgehead atoms. The molecule has 0 aliphatic rings. The number of aromatic nitrogens is 3. The number of amides is 1. The van der Waals surface area contributed by atoms with Crippen LogP contribution < -0.4 is 5.32 Å². The van der Waals surface area contributed by atoms with E-state index in [9.17, 15) is 9.00 Å². The first kappa shape index (κ1) is 13.7. The van der Waals surface area contributed by atoms with Crippen molar-refractivity contribution < 1.29 is 9.00 Å². The van der Waals surface area contributed by atoms with Gasteiger partial charge in [-0.3, -0.25) is 13.6 Å². The molecule has 2 rings (SSSR count). The molecule has 0 saturated heterocycles. The molecule has 8 heteroatoms. The van der Waals surface area contributed by atoms with E-state index in [0.29, 0.717) is 10.7 Å². The van der Waals surface area contributed by atoms with Gasteiger partial charge in [-0.1, -0.05) is 17.7 Å². The largest absolute Gasteiger partial charge is 0.324 e. The van der Waals surface area contributed by atoms with Crippen molar-refractivity contribution in [2.75, 3.05) is 11.6 Å². The van der Waals surface area contributed by atoms with Gasteiger partial charge >= 0.3 is 0 Å². The van der Waals surface area contributed by atoms with E-state index in [1.807, 2.05) is 0 Å². The molecule has 1 amide bonds. The Kier molecular flexibility index (Phi) is 4.28. The molecule has 0 radical (unpaired) electrons. The van der Waals surface area contributed by atoms with Gasteiger partial charge in [0.2, 0.25) is 11.1 Å². The molecular formula is C11H11ClN4O2S. The van der Waals surface area contributed by atoms with Crippen molar-refractivity contribution in [1.29, 1.82) is 0 Å². The van der Waals surface area contributed by atoms with Gasteiger partial charge in [-0.15, -0.1) is 10.2 Å². The molecule has 0 aliphatic heterocycles. The zero-order valence-corrected chi connectivity index (χ0v) is 11.6. The number of hydrogen-bond acceptors (Lipinski definition) is 4. The number of carbonyl (C=O) groups is 1. The highest BCUT2D eigenvalue weighted by molar-refractivity contribution is 7.84. The number of benzene rings is 1. The van der Waals surface area contributed by atoms with Crippen molar-refractivity contribution >= 4 is 34.0 Å². The molecule has 100 valence electrons. The number of nitrogens with zero attached hydrogens (tertiary/aromatic N) is 3. The molecule has 1 atom stereocenters. The fraction of sp³-hybridized carbons (Fsp3) is 0.182. The lowest BCUT2D eigenvalue weighted by Gasteiger charge is -2.07. The van der Waals surface area contributed by atoms with Gasteiger partial charge in [-0.05, 0) is 18.2 Å². The Morgan fingerprint density at radius 2 is 2.32 bits per heavy atom. The first-order chi connectivity index (χ1) is 9.06. The molecule has 0 saturated carbocycles. The lowest BCUT2D eigenvalue weighted by atomic mass is 10.3. The van der Waals surface area contributed by atoms with E-state index in [2.05, 4.69) is 15.5 Å². The van der Waals surface area contributed by atoms with E-state index in [1.54, 1.807) is 24.3 Å². The highest BCUT2D eigenvalue weighted by Crippen LogP contribution is 2.14. The number of rotatable bonds is 4. The summed E-state index contributed by atoms with van der Waals surface area (Å²) in [6, 6.07) is 6.83. The van der Waals surface area contributed by atoms with Gasteiger partial charge < -0.3 is 5.32 Å². The average Bonchev–Trinajstić information content (AvgIpc) is 2.76. The summed E-state index contributed by atoms with van der Waals surface area (Å²) in [6.45, 7) is -0.00553. The van der Waals surface area contributed by atoms with Crippen LogP contribution in [-0.2, 0) is 22.1 Å². The Morgan fingerprint density at radius 3 is 3.00 bits per heavy atom. The smallest absolute Gasteiger partial charge is 0.244 e. The molecule has 0 fully saturated rings. The Morgan fingerprint density at radius 1 is 1.53 bits per heavy atom. The second-order valence-corrected chi connectivity index (χ2v) is 5.46. The minimum absolute atomic E-state index is 0.00553. The van der Waals surface area contributed by atoms with Gasteiger partial charge in [-0.25, -0.2) is 0 Å². The normalized spacial score (nSPS) is 12.1. The molecule has 0 aliphatic carbocycles. The number of nitrogens with one attached hydrogen (secondary N) is 1. The van der Waals surface area contributed by atoms with Crippen LogP contribution in [0.1, 0.15) is 0 Å². The lowest BCUT2D eigenvalue weighted by Crippen LogP contribution is -2.19. The Labute approximate surface area is 117 Å². The fourth-order valence-corrected chi connectivity index (χ4v) is 2.29. The van der Waals surface area contributed by atoms with Crippen molar-refractivity contribution in [3.05, 3.63) is 35.6 Å². The predicted octanol–water partition coefficient (Wildman–Crippen LogP) is 1.31. The zero-order chi connectivity index (χ0) is 13.8. The van der Waals surface area contributed by atoms with E-state index < -0.39 is 10.8 Å². The van der Waals surface area contributed by atoms with E-state index in [0.717, 1.165) is 0 Å². The summed E-state index contributed by atoms with van der Waals surface area (Å²) in [4.78, 5) is 11.8. The molecule has 1 aromatic heterocycles. The third kappa shape index (κ3) is 3.62. The van der Waals surface area contributed by atoms with Crippen LogP contribution in [0, 0.1) is 0 Å². The van der Waals surface area contributed by atoms with Crippen LogP contribution in [0.3, 0.4) is 0 Å². The summed E-state index contributed by atoms with van der Waals surface area (Å²) in [5.41, 5.74) is 0.602. The molecule has 0 unspecified atom stereocenters. The molecular weight excluding hydrogens is 288 g/mol. The highest BCUT2D eigenvalue weighted by Gasteiger charge is 2.11. The van der Waals surface area contributed by atoms with Gasteiger partial charge in [0.15, 0.2) is 0 Å². The maximum Gasteiger partial charge on any atom is 0.244 e. The second kappa shape index (κ2) is 5.94. The summed E-state index contributed by atoms with van der Waals surface area (Å²) in [7, 11) is -1.29. The van der Waals surface area contributed by atoms with E-state index >= 15 is 0 Å². The summed E-state index contributed by atoms with van der Waals surface area (Å²) >= 11 is 5.82. The summed E-state index contributed by atoms with van der Waals surface area (Å²) < 4.78 is 12.8. The van der Waals surface area contributed by atoms with Crippen molar-refractivity contribution in [1.82, 2.24) is 14.8 Å². The van der Waals surface area contributed by atoms with Gasteiger partial charge in [0.05, 0.1) is 10.8 Å². The quantitative estimate of drug-likeness (QED) is 0.923. The molecule has 6 nitrogen and oxygen atoms in total. The van der Waals surface area contributed by atoms with Crippen molar-refractivity contribution in [2.24, 2.45) is 0 Å². The van der Waals surface area contributed by atoms with E-state index in [1.165, 1.54) is 17.2 Å². The SMILES string of the molecule is C[S@](=O)c1nncn1CC(=O)Nc1cccc(Cl)c1. The first-order valence-corrected chi connectivity index (χ1v) is 7.26. The maximum absolute atomic E-state index is 11.8. The second-order valence-electron chi connectivity index (χ2n) is 3.75. The predicted molar refractivity (Wildman–Crippen MR) is 72.4 cm³/mol. The molecule has 1 heterocycles. The van der Waals surface area contributed by atoms with Crippen molar-refractivity contribution in [2.45, 2.75) is 11.7 Å². The summed E-state index contributed by atoms with van der Waals surface area (Å²) in [5.74, 6) is -0.270. The van der Waals surface area contributed by atoms with Crippen LogP contribution in [0.2, 0.25) is 5.02 Å². The summed E-state index contributed by atoms with van der Waals surface area (Å²) in [5, 5.41) is 10.8. The maximum atomic E-state index is 11.8. The third-order valence-electron chi connectivity index (χ3n) is 2.26. The summed E-state index contributed by atoms with van der Waals surface area (Å²) in [6.07, 6.45) is 2.85. The minimum atomic E-state index is -1.29. The van der Waals surface area contributed by atoms with E-state index in [-0.39, 0.29) is 17.6 Å². The average molecular weight is 299 g/mol. The molecule has 1 N–H and O–H groups in total. The number of halogens is 1. The third-order valence-corrected chi connectivity index (χ3v) is 3.32. The van der Waals surface area contributed by atoms with Gasteiger partial charge in [-0.2, -0.15) is 0 Å². The van der Waals surface area contributed by atoms with Crippen LogP contribution in [0.4, 0.5) is 5.69 Å². The highest BCUT2D eigenvalue weighted by atomic mass is 35.5. The molecule has 0 spiro atoms. The van der Waals surface area contributed by atoms with Crippen molar-refractivity contribution in [3.8, 4) is 0 Å². The Hall–Kier alpha value is -1.73. The van der Waals surface area contributed by atoms with E-state index in [4.69, 9.17) is 11.6 Å². The van der Waals surface area contributed by atoms with Crippen LogP contribution in [0.5, 0.6) is 0 Å². The van der Waals surface area contributed by atoms with Gasteiger partial charge in [0.25, 0.3) is 0 Å². The number of hydrogen-bond donors (Lipinski definition) is 1. The van der Waals surface area contributed by atoms with Crippen LogP contribution in [0.15, 0.2) is 35.7 Å². The van der Waals surface area contributed by atoms with Gasteiger partial charge in [0.1, 0.15) is 12.9 Å². The molecule has 1 aromatic carbocycles. The number of carbonyl (C=O) groups excluding carboxylic acids is 1. The zero-order valence-electron chi connectivity index (χ0n) is 10.0. The molecule has 2 aromatic rings. The minimum Gasteiger partial charge on any atom is -0.324 e. The van der Waals surface area contributed by atoms with Crippen LogP contribution >= 0.6 is 11.6 Å². The van der Waals surface area contributed by atoms with Crippen molar-refractivity contribution in [3.63, 3.8) is 0 Å². The van der Waals surface area contributed by atoms with Crippen LogP contribution in [-0.4, -0.2) is 31.1 Å². The lowest BCUT2D eigenvalue weighted by molar-refractivity contribution is -0.116. The fourth-order valence-electron chi connectivity index (χ4n) is 1.50. The topological polar surface area (TPSA) is 76.9 Å². The van der Waals surface area contributed by atoms with Crippen LogP contribution in [0.25, 0.3) is 0 Å².